The first-order valence-corrected chi connectivity index (χ1v) is 8.43. The molecule has 1 aliphatic rings. The Kier molecular flexibility index (Phi) is 7.10. The number of amides is 1. The zero-order valence-corrected chi connectivity index (χ0v) is 15.9. The quantitative estimate of drug-likeness (QED) is 0.413. The second kappa shape index (κ2) is 8.21. The molecule has 0 N–H and O–H groups in total. The number of hydrogen-bond donors (Lipinski definition) is 0. The van der Waals surface area contributed by atoms with Crippen LogP contribution in [0.4, 0.5) is 4.79 Å². The maximum atomic E-state index is 12.7. The van der Waals surface area contributed by atoms with Gasteiger partial charge in [-0.15, -0.1) is 11.6 Å². The van der Waals surface area contributed by atoms with E-state index in [1.54, 1.807) is 27.9 Å². The van der Waals surface area contributed by atoms with Crippen LogP contribution in [0.3, 0.4) is 0 Å². The van der Waals surface area contributed by atoms with Gasteiger partial charge in [0.2, 0.25) is 0 Å². The first kappa shape index (κ1) is 20.8. The summed E-state index contributed by atoms with van der Waals surface area (Å²) in [6.07, 6.45) is 0.111. The summed E-state index contributed by atoms with van der Waals surface area (Å²) in [5, 5.41) is 0. The lowest BCUT2D eigenvalue weighted by atomic mass is 9.86. The first-order valence-electron chi connectivity index (χ1n) is 7.90. The monoisotopic (exact) mass is 361 g/mol. The van der Waals surface area contributed by atoms with Gasteiger partial charge in [-0.2, -0.15) is 0 Å². The number of ether oxygens (including phenoxy) is 3. The Labute approximate surface area is 149 Å². The molecular weight excluding hydrogens is 334 g/mol. The van der Waals surface area contributed by atoms with Gasteiger partial charge >= 0.3 is 12.1 Å². The van der Waals surface area contributed by atoms with E-state index in [0.29, 0.717) is 25.1 Å². The highest BCUT2D eigenvalue weighted by molar-refractivity contribution is 6.19. The van der Waals surface area contributed by atoms with Crippen molar-refractivity contribution >= 4 is 23.7 Å². The summed E-state index contributed by atoms with van der Waals surface area (Å²) in [5.41, 5.74) is -1.16. The summed E-state index contributed by atoms with van der Waals surface area (Å²) in [4.78, 5) is 26.8. The number of hydrogen-bond acceptors (Lipinski definition) is 5. The van der Waals surface area contributed by atoms with Crippen LogP contribution in [0.1, 0.15) is 33.6 Å². The third kappa shape index (κ3) is 4.86. The third-order valence-corrected chi connectivity index (χ3v) is 4.27. The molecule has 138 valence electrons. The third-order valence-electron chi connectivity index (χ3n) is 3.90. The molecule has 0 unspecified atom stereocenters. The summed E-state index contributed by atoms with van der Waals surface area (Å²) < 4.78 is 15.7. The zero-order chi connectivity index (χ0) is 18.5. The molecule has 0 spiro atoms. The first-order chi connectivity index (χ1) is 11.1. The molecule has 6 nitrogen and oxygen atoms in total. The van der Waals surface area contributed by atoms with Crippen molar-refractivity contribution in [2.45, 2.75) is 44.8 Å². The summed E-state index contributed by atoms with van der Waals surface area (Å²) in [5.74, 6) is -0.279. The fourth-order valence-corrected chi connectivity index (χ4v) is 3.18. The van der Waals surface area contributed by atoms with E-state index in [9.17, 15) is 9.59 Å². The average Bonchev–Trinajstić information content (AvgIpc) is 2.84. The largest absolute Gasteiger partial charge is 0.467 e. The molecule has 1 rings (SSSR count). The normalized spacial score (nSPS) is 23.9. The summed E-state index contributed by atoms with van der Waals surface area (Å²) >= 11 is 5.86. The van der Waals surface area contributed by atoms with E-state index in [2.05, 4.69) is 6.58 Å². The molecule has 1 fully saturated rings. The summed E-state index contributed by atoms with van der Waals surface area (Å²) in [7, 11) is 2.90. The smallest absolute Gasteiger partial charge is 0.411 e. The van der Waals surface area contributed by atoms with Gasteiger partial charge in [0.05, 0.1) is 13.7 Å². The number of carbonyl (C=O) groups is 2. The van der Waals surface area contributed by atoms with Gasteiger partial charge in [-0.05, 0) is 27.2 Å². The van der Waals surface area contributed by atoms with E-state index in [1.807, 2.05) is 0 Å². The Morgan fingerprint density at radius 1 is 1.33 bits per heavy atom. The van der Waals surface area contributed by atoms with Crippen LogP contribution in [0, 0.1) is 5.92 Å². The average molecular weight is 362 g/mol. The molecule has 0 radical (unpaired) electrons. The second-order valence-corrected chi connectivity index (χ2v) is 7.47. The highest BCUT2D eigenvalue weighted by atomic mass is 35.5. The lowest BCUT2D eigenvalue weighted by molar-refractivity contribution is -0.153. The molecule has 0 aromatic heterocycles. The van der Waals surface area contributed by atoms with Gasteiger partial charge in [-0.25, -0.2) is 9.59 Å². The fraction of sp³-hybridized carbons (Fsp3) is 0.765. The van der Waals surface area contributed by atoms with E-state index in [4.69, 9.17) is 25.8 Å². The van der Waals surface area contributed by atoms with E-state index in [1.165, 1.54) is 12.0 Å². The molecular formula is C17H28ClNO5. The number of esters is 1. The van der Waals surface area contributed by atoms with Gasteiger partial charge in [-0.1, -0.05) is 12.2 Å². The van der Waals surface area contributed by atoms with Crippen LogP contribution in [-0.2, 0) is 19.0 Å². The van der Waals surface area contributed by atoms with Gasteiger partial charge in [0, 0.05) is 31.9 Å². The number of carbonyl (C=O) groups excluding carboxylic acids is 2. The number of halogens is 1. The van der Waals surface area contributed by atoms with Crippen molar-refractivity contribution < 1.29 is 23.8 Å². The van der Waals surface area contributed by atoms with Crippen molar-refractivity contribution in [1.29, 1.82) is 0 Å². The predicted octanol–water partition coefficient (Wildman–Crippen LogP) is 2.99. The number of alkyl halides is 1. The Balaban J connectivity index is 3.22. The molecule has 1 aliphatic heterocycles. The summed E-state index contributed by atoms with van der Waals surface area (Å²) in [6.45, 7) is 10.0. The number of methoxy groups -OCH3 is 2. The molecule has 1 heterocycles. The van der Waals surface area contributed by atoms with Crippen molar-refractivity contribution in [3.05, 3.63) is 12.2 Å². The van der Waals surface area contributed by atoms with Crippen LogP contribution in [0.2, 0.25) is 0 Å². The lowest BCUT2D eigenvalue weighted by Gasteiger charge is -2.37. The topological polar surface area (TPSA) is 65.1 Å². The summed E-state index contributed by atoms with van der Waals surface area (Å²) in [6, 6.07) is 0. The SMILES string of the molecule is C=C(CCl)C[C@]1(C(=O)OC)C[C@H](COC)CN1C(=O)OC(C)(C)C. The van der Waals surface area contributed by atoms with Crippen LogP contribution < -0.4 is 0 Å². The van der Waals surface area contributed by atoms with E-state index >= 15 is 0 Å². The predicted molar refractivity (Wildman–Crippen MR) is 92.1 cm³/mol. The van der Waals surface area contributed by atoms with Gasteiger partial charge in [0.1, 0.15) is 11.1 Å². The minimum absolute atomic E-state index is 0.00439. The molecule has 1 amide bonds. The van der Waals surface area contributed by atoms with Crippen molar-refractivity contribution in [3.63, 3.8) is 0 Å². The standard InChI is InChI=1S/C17H28ClNO5/c1-12(9-18)7-17(14(20)23-6)8-13(11-22-5)10-19(17)15(21)24-16(2,3)4/h13H,1,7-11H2,2-6H3/t13-,17+/m0/s1. The van der Waals surface area contributed by atoms with Crippen molar-refractivity contribution in [3.8, 4) is 0 Å². The van der Waals surface area contributed by atoms with E-state index in [0.717, 1.165) is 0 Å². The molecule has 1 saturated heterocycles. The molecule has 0 aliphatic carbocycles. The molecule has 0 bridgehead atoms. The van der Waals surface area contributed by atoms with Crippen LogP contribution in [0.25, 0.3) is 0 Å². The van der Waals surface area contributed by atoms with Crippen molar-refractivity contribution in [2.75, 3.05) is 33.3 Å². The highest BCUT2D eigenvalue weighted by Crippen LogP contribution is 2.40. The minimum atomic E-state index is -1.16. The Morgan fingerprint density at radius 3 is 2.42 bits per heavy atom. The molecule has 0 aromatic rings. The van der Waals surface area contributed by atoms with Crippen molar-refractivity contribution in [2.24, 2.45) is 5.92 Å². The minimum Gasteiger partial charge on any atom is -0.467 e. The molecule has 0 saturated carbocycles. The molecule has 24 heavy (non-hydrogen) atoms. The van der Waals surface area contributed by atoms with Crippen LogP contribution in [0.15, 0.2) is 12.2 Å². The lowest BCUT2D eigenvalue weighted by Crippen LogP contribution is -2.55. The maximum Gasteiger partial charge on any atom is 0.411 e. The fourth-order valence-electron chi connectivity index (χ4n) is 3.08. The van der Waals surface area contributed by atoms with Gasteiger partial charge < -0.3 is 14.2 Å². The van der Waals surface area contributed by atoms with Gasteiger partial charge in [-0.3, -0.25) is 4.90 Å². The molecule has 2 atom stereocenters. The second-order valence-electron chi connectivity index (χ2n) is 7.20. The van der Waals surface area contributed by atoms with Crippen LogP contribution >= 0.6 is 11.6 Å². The number of likely N-dealkylation sites (tertiary alicyclic amines) is 1. The zero-order valence-electron chi connectivity index (χ0n) is 15.2. The molecule has 7 heteroatoms. The Morgan fingerprint density at radius 2 is 1.96 bits per heavy atom. The van der Waals surface area contributed by atoms with Crippen molar-refractivity contribution in [1.82, 2.24) is 4.90 Å². The van der Waals surface area contributed by atoms with E-state index in [-0.39, 0.29) is 18.2 Å². The van der Waals surface area contributed by atoms with Gasteiger partial charge in [0.25, 0.3) is 0 Å². The van der Waals surface area contributed by atoms with Crippen LogP contribution in [-0.4, -0.2) is 61.4 Å². The number of rotatable bonds is 6. The van der Waals surface area contributed by atoms with Gasteiger partial charge in [0.15, 0.2) is 0 Å². The molecule has 0 aromatic carbocycles. The van der Waals surface area contributed by atoms with E-state index < -0.39 is 23.2 Å². The maximum absolute atomic E-state index is 12.7. The Bertz CT molecular complexity index is 488. The Hall–Kier alpha value is -1.27. The van der Waals surface area contributed by atoms with Crippen LogP contribution in [0.5, 0.6) is 0 Å². The number of nitrogens with zero attached hydrogens (tertiary/aromatic N) is 1. The highest BCUT2D eigenvalue weighted by Gasteiger charge is 2.55.